The van der Waals surface area contributed by atoms with Crippen LogP contribution in [0.25, 0.3) is 0 Å². The van der Waals surface area contributed by atoms with Gasteiger partial charge in [-0.2, -0.15) is 0 Å². The lowest BCUT2D eigenvalue weighted by Crippen LogP contribution is -1.83. The van der Waals surface area contributed by atoms with Crippen LogP contribution in [0.2, 0.25) is 6.82 Å². The van der Waals surface area contributed by atoms with E-state index in [1.807, 2.05) is 19.1 Å². The lowest BCUT2D eigenvalue weighted by Gasteiger charge is -1.89. The molecule has 1 heteroatoms. The summed E-state index contributed by atoms with van der Waals surface area (Å²) in [5.74, 6) is 0. The van der Waals surface area contributed by atoms with Crippen LogP contribution in [0.3, 0.4) is 0 Å². The zero-order valence-electron chi connectivity index (χ0n) is 7.09. The molecule has 0 nitrogen and oxygen atoms in total. The van der Waals surface area contributed by atoms with Crippen LogP contribution in [0.5, 0.6) is 0 Å². The first-order valence-corrected chi connectivity index (χ1v) is 3.79. The molecule has 0 saturated carbocycles. The molecular weight excluding hydrogens is 119 g/mol. The van der Waals surface area contributed by atoms with Crippen LogP contribution in [0.1, 0.15) is 13.8 Å². The molecule has 0 aliphatic heterocycles. The summed E-state index contributed by atoms with van der Waals surface area (Å²) in [5.41, 5.74) is 1.39. The van der Waals surface area contributed by atoms with Crippen LogP contribution in [-0.4, -0.2) is 7.28 Å². The predicted octanol–water partition coefficient (Wildman–Crippen LogP) is 2.51. The molecule has 0 rings (SSSR count). The van der Waals surface area contributed by atoms with Gasteiger partial charge in [0.15, 0.2) is 7.28 Å². The van der Waals surface area contributed by atoms with Gasteiger partial charge in [0.1, 0.15) is 0 Å². The maximum Gasteiger partial charge on any atom is 0.154 e. The van der Waals surface area contributed by atoms with Crippen molar-refractivity contribution in [3.05, 3.63) is 35.9 Å². The van der Waals surface area contributed by atoms with Gasteiger partial charge in [0.2, 0.25) is 0 Å². The zero-order valence-corrected chi connectivity index (χ0v) is 7.09. The van der Waals surface area contributed by atoms with Gasteiger partial charge in [-0.25, -0.2) is 0 Å². The molecule has 0 spiro atoms. The Bertz CT molecular complexity index is 152. The molecule has 0 N–H and O–H groups in total. The predicted molar refractivity (Wildman–Crippen MR) is 50.7 cm³/mol. The van der Waals surface area contributed by atoms with Gasteiger partial charge in [-0.05, 0) is 13.8 Å². The second-order valence-corrected chi connectivity index (χ2v) is 2.10. The summed E-state index contributed by atoms with van der Waals surface area (Å²) in [6.07, 6.45) is 10.4. The normalized spacial score (nSPS) is 13.3. The highest BCUT2D eigenvalue weighted by atomic mass is 13.7. The summed E-state index contributed by atoms with van der Waals surface area (Å²) in [7, 11) is 1.12. The van der Waals surface area contributed by atoms with Crippen molar-refractivity contribution < 1.29 is 0 Å². The maximum atomic E-state index is 2.16. The molecule has 0 aliphatic carbocycles. The van der Waals surface area contributed by atoms with Crippen molar-refractivity contribution in [3.63, 3.8) is 0 Å². The highest BCUT2D eigenvalue weighted by Crippen LogP contribution is 1.93. The summed E-state index contributed by atoms with van der Waals surface area (Å²) >= 11 is 0. The minimum absolute atomic E-state index is 1.12. The topological polar surface area (TPSA) is 0 Å². The highest BCUT2D eigenvalue weighted by molar-refractivity contribution is 6.44. The van der Waals surface area contributed by atoms with Gasteiger partial charge < -0.3 is 0 Å². The minimum atomic E-state index is 1.12. The molecule has 10 heavy (non-hydrogen) atoms. The Morgan fingerprint density at radius 1 is 1.20 bits per heavy atom. The molecule has 0 amide bonds. The number of hydrogen-bond donors (Lipinski definition) is 0. The van der Waals surface area contributed by atoms with E-state index in [1.54, 1.807) is 0 Å². The lowest BCUT2D eigenvalue weighted by atomic mass is 9.72. The van der Waals surface area contributed by atoms with Gasteiger partial charge in [-0.1, -0.05) is 42.7 Å². The van der Waals surface area contributed by atoms with E-state index in [9.17, 15) is 0 Å². The number of allylic oxidation sites excluding steroid dienone is 6. The number of hydrogen-bond acceptors (Lipinski definition) is 0. The first kappa shape index (κ1) is 9.28. The van der Waals surface area contributed by atoms with Crippen LogP contribution in [-0.2, 0) is 0 Å². The van der Waals surface area contributed by atoms with Crippen LogP contribution in [0, 0.1) is 0 Å². The SMILES string of the molecule is CBC(/C=C\C=C/C)=C/C. The molecule has 0 aromatic carbocycles. The van der Waals surface area contributed by atoms with Crippen LogP contribution in [0.15, 0.2) is 35.9 Å². The molecule has 0 unspecified atom stereocenters. The smallest absolute Gasteiger partial charge is 0.0936 e. The zero-order chi connectivity index (χ0) is 7.82. The minimum Gasteiger partial charge on any atom is -0.0936 e. The third kappa shape index (κ3) is 4.19. The average molecular weight is 134 g/mol. The largest absolute Gasteiger partial charge is 0.154 e. The molecule has 0 heterocycles. The summed E-state index contributed by atoms with van der Waals surface area (Å²) in [5, 5.41) is 0. The highest BCUT2D eigenvalue weighted by Gasteiger charge is 1.83. The van der Waals surface area contributed by atoms with Crippen molar-refractivity contribution in [3.8, 4) is 0 Å². The van der Waals surface area contributed by atoms with Gasteiger partial charge in [-0.3, -0.25) is 0 Å². The second kappa shape index (κ2) is 6.41. The van der Waals surface area contributed by atoms with Crippen molar-refractivity contribution in [1.82, 2.24) is 0 Å². The van der Waals surface area contributed by atoms with E-state index in [4.69, 9.17) is 0 Å². The molecule has 0 fully saturated rings. The second-order valence-electron chi connectivity index (χ2n) is 2.10. The van der Waals surface area contributed by atoms with Gasteiger partial charge in [0.05, 0.1) is 0 Å². The van der Waals surface area contributed by atoms with Crippen molar-refractivity contribution >= 4 is 7.28 Å². The van der Waals surface area contributed by atoms with Crippen molar-refractivity contribution in [2.24, 2.45) is 0 Å². The van der Waals surface area contributed by atoms with Crippen LogP contribution >= 0.6 is 0 Å². The van der Waals surface area contributed by atoms with Gasteiger partial charge >= 0.3 is 0 Å². The van der Waals surface area contributed by atoms with E-state index < -0.39 is 0 Å². The van der Waals surface area contributed by atoms with E-state index in [2.05, 4.69) is 32.0 Å². The Labute approximate surface area is 64.6 Å². The third-order valence-corrected chi connectivity index (χ3v) is 1.39. The van der Waals surface area contributed by atoms with Crippen LogP contribution < -0.4 is 0 Å². The monoisotopic (exact) mass is 134 g/mol. The molecular formula is C9H15B. The quantitative estimate of drug-likeness (QED) is 0.411. The third-order valence-electron chi connectivity index (χ3n) is 1.39. The molecule has 0 aromatic rings. The summed E-state index contributed by atoms with van der Waals surface area (Å²) < 4.78 is 0. The van der Waals surface area contributed by atoms with Crippen molar-refractivity contribution in [1.29, 1.82) is 0 Å². The Kier molecular flexibility index (Phi) is 5.95. The van der Waals surface area contributed by atoms with E-state index >= 15 is 0 Å². The van der Waals surface area contributed by atoms with E-state index in [1.165, 1.54) is 5.47 Å². The molecule has 0 saturated heterocycles. The standard InChI is InChI=1S/C9H15B/c1-4-6-7-8-9(5-2)10-3/h4-8,10H,1-3H3/b6-4-,8-7-,9-5+. The first-order valence-electron chi connectivity index (χ1n) is 3.79. The van der Waals surface area contributed by atoms with E-state index in [0.29, 0.717) is 0 Å². The van der Waals surface area contributed by atoms with E-state index in [0.717, 1.165) is 7.28 Å². The molecule has 0 radical (unpaired) electrons. The van der Waals surface area contributed by atoms with Crippen molar-refractivity contribution in [2.45, 2.75) is 20.7 Å². The summed E-state index contributed by atoms with van der Waals surface area (Å²) in [6.45, 7) is 6.25. The fraction of sp³-hybridized carbons (Fsp3) is 0.333. The number of rotatable bonds is 3. The fourth-order valence-electron chi connectivity index (χ4n) is 0.708. The van der Waals surface area contributed by atoms with Crippen LogP contribution in [0.4, 0.5) is 0 Å². The average Bonchev–Trinajstić information content (AvgIpc) is 1.99. The van der Waals surface area contributed by atoms with Gasteiger partial charge in [0.25, 0.3) is 0 Å². The Hall–Kier alpha value is -0.715. The van der Waals surface area contributed by atoms with Crippen molar-refractivity contribution in [2.75, 3.05) is 0 Å². The molecule has 0 bridgehead atoms. The molecule has 0 atom stereocenters. The van der Waals surface area contributed by atoms with E-state index in [-0.39, 0.29) is 0 Å². The molecule has 0 aliphatic rings. The maximum absolute atomic E-state index is 2.16. The van der Waals surface area contributed by atoms with Gasteiger partial charge in [0, 0.05) is 0 Å². The summed E-state index contributed by atoms with van der Waals surface area (Å²) in [4.78, 5) is 0. The first-order chi connectivity index (χ1) is 4.85. The van der Waals surface area contributed by atoms with Gasteiger partial charge in [-0.15, -0.1) is 0 Å². The fourth-order valence-corrected chi connectivity index (χ4v) is 0.708. The molecule has 0 aromatic heterocycles. The Morgan fingerprint density at radius 3 is 2.30 bits per heavy atom. The summed E-state index contributed by atoms with van der Waals surface area (Å²) in [6, 6.07) is 0. The lowest BCUT2D eigenvalue weighted by molar-refractivity contribution is 1.67. The Morgan fingerprint density at radius 2 is 1.90 bits per heavy atom. The Balaban J connectivity index is 3.85. The molecule has 54 valence electrons.